The van der Waals surface area contributed by atoms with Crippen LogP contribution >= 0.6 is 11.6 Å². The summed E-state index contributed by atoms with van der Waals surface area (Å²) in [6, 6.07) is 9.58. The summed E-state index contributed by atoms with van der Waals surface area (Å²) >= 11 is 6.14. The number of aromatic nitrogens is 2. The van der Waals surface area contributed by atoms with Crippen LogP contribution in [0.4, 0.5) is 5.69 Å². The number of hydrogen-bond acceptors (Lipinski definition) is 8. The van der Waals surface area contributed by atoms with E-state index in [1.54, 1.807) is 18.2 Å². The summed E-state index contributed by atoms with van der Waals surface area (Å²) in [7, 11) is 1.19. The smallest absolute Gasteiger partial charge is 0.346 e. The van der Waals surface area contributed by atoms with Crippen molar-refractivity contribution >= 4 is 40.4 Å². The van der Waals surface area contributed by atoms with Crippen LogP contribution < -0.4 is 10.3 Å². The standard InChI is InChI=1S/C25H25ClN4O6/c1-15(25(32)35-2)36-22-17(12-18(26)13-21(22)30(33)34)14-27-29-23(16-8-4-3-5-9-16)28-20-11-7-6-10-19(20)24(29)31/h6-7,10-16H,3-5,8-9H2,1-2H3/t15-/m1/s1. The Kier molecular flexibility index (Phi) is 7.64. The van der Waals surface area contributed by atoms with Crippen molar-refractivity contribution in [3.63, 3.8) is 0 Å². The van der Waals surface area contributed by atoms with E-state index in [9.17, 15) is 19.7 Å². The maximum atomic E-state index is 13.4. The van der Waals surface area contributed by atoms with Gasteiger partial charge in [0.1, 0.15) is 5.82 Å². The number of para-hydroxylation sites is 1. The summed E-state index contributed by atoms with van der Waals surface area (Å²) in [5.41, 5.74) is -0.0843. The number of nitro benzene ring substituents is 1. The normalized spacial score (nSPS) is 15.2. The summed E-state index contributed by atoms with van der Waals surface area (Å²) in [4.78, 5) is 41.2. The van der Waals surface area contributed by atoms with Crippen molar-refractivity contribution in [3.05, 3.63) is 73.3 Å². The van der Waals surface area contributed by atoms with Gasteiger partial charge in [-0.1, -0.05) is 43.0 Å². The first-order valence-electron chi connectivity index (χ1n) is 11.6. The molecule has 36 heavy (non-hydrogen) atoms. The van der Waals surface area contributed by atoms with Crippen molar-refractivity contribution in [3.8, 4) is 5.75 Å². The molecule has 1 saturated carbocycles. The van der Waals surface area contributed by atoms with Crippen molar-refractivity contribution in [2.45, 2.75) is 51.0 Å². The van der Waals surface area contributed by atoms with Crippen LogP contribution in [0, 0.1) is 10.1 Å². The molecule has 1 atom stereocenters. The van der Waals surface area contributed by atoms with Crippen LogP contribution in [-0.4, -0.2) is 40.0 Å². The molecular weight excluding hydrogens is 488 g/mol. The average molecular weight is 513 g/mol. The van der Waals surface area contributed by atoms with Crippen LogP contribution in [0.2, 0.25) is 5.02 Å². The number of hydrogen-bond donors (Lipinski definition) is 0. The molecule has 0 spiro atoms. The highest BCUT2D eigenvalue weighted by Crippen LogP contribution is 2.35. The Labute approximate surface area is 211 Å². The number of nitro groups is 1. The maximum Gasteiger partial charge on any atom is 0.346 e. The minimum Gasteiger partial charge on any atom is -0.471 e. The molecule has 1 aromatic heterocycles. The Bertz CT molecular complexity index is 1400. The van der Waals surface area contributed by atoms with Crippen molar-refractivity contribution in [2.75, 3.05) is 7.11 Å². The molecule has 1 aliphatic carbocycles. The minimum atomic E-state index is -1.13. The van der Waals surface area contributed by atoms with Crippen LogP contribution in [0.25, 0.3) is 10.9 Å². The highest BCUT2D eigenvalue weighted by molar-refractivity contribution is 6.31. The van der Waals surface area contributed by atoms with E-state index in [0.29, 0.717) is 16.7 Å². The SMILES string of the molecule is COC(=O)[C@@H](C)Oc1c(C=Nn2c(C3CCCCC3)nc3ccccc3c2=O)cc(Cl)cc1[N+](=O)[O-]. The van der Waals surface area contributed by atoms with Gasteiger partial charge in [-0.25, -0.2) is 9.78 Å². The molecule has 0 radical (unpaired) electrons. The lowest BCUT2D eigenvalue weighted by Crippen LogP contribution is -2.26. The summed E-state index contributed by atoms with van der Waals surface area (Å²) in [6.45, 7) is 1.41. The highest BCUT2D eigenvalue weighted by Gasteiger charge is 2.26. The second-order valence-corrected chi connectivity index (χ2v) is 9.00. The fourth-order valence-electron chi connectivity index (χ4n) is 4.35. The van der Waals surface area contributed by atoms with Crippen molar-refractivity contribution in [1.29, 1.82) is 0 Å². The molecular formula is C25H25ClN4O6. The van der Waals surface area contributed by atoms with Gasteiger partial charge in [-0.2, -0.15) is 9.78 Å². The predicted octanol–water partition coefficient (Wildman–Crippen LogP) is 4.83. The minimum absolute atomic E-state index is 0.0528. The number of fused-ring (bicyclic) bond motifs is 1. The number of methoxy groups -OCH3 is 1. The van der Waals surface area contributed by atoms with E-state index in [4.69, 9.17) is 21.3 Å². The van der Waals surface area contributed by atoms with Crippen LogP contribution in [0.15, 0.2) is 46.3 Å². The summed E-state index contributed by atoms with van der Waals surface area (Å²) < 4.78 is 11.5. The van der Waals surface area contributed by atoms with Gasteiger partial charge in [0, 0.05) is 22.6 Å². The number of nitrogens with zero attached hydrogens (tertiary/aromatic N) is 4. The maximum absolute atomic E-state index is 13.4. The molecule has 3 aromatic rings. The molecule has 1 fully saturated rings. The zero-order chi connectivity index (χ0) is 25.8. The van der Waals surface area contributed by atoms with E-state index in [1.807, 2.05) is 6.07 Å². The number of rotatable bonds is 7. The van der Waals surface area contributed by atoms with Crippen molar-refractivity contribution in [2.24, 2.45) is 5.10 Å². The molecule has 0 N–H and O–H groups in total. The van der Waals surface area contributed by atoms with Gasteiger partial charge < -0.3 is 9.47 Å². The van der Waals surface area contributed by atoms with Gasteiger partial charge in [-0.15, -0.1) is 0 Å². The second kappa shape index (κ2) is 10.9. The first-order chi connectivity index (χ1) is 17.3. The van der Waals surface area contributed by atoms with E-state index in [2.05, 4.69) is 9.84 Å². The number of benzene rings is 2. The number of halogens is 1. The van der Waals surface area contributed by atoms with Crippen molar-refractivity contribution < 1.29 is 19.2 Å². The summed E-state index contributed by atoms with van der Waals surface area (Å²) in [5.74, 6) is -0.336. The molecule has 1 heterocycles. The first-order valence-corrected chi connectivity index (χ1v) is 12.0. The zero-order valence-electron chi connectivity index (χ0n) is 19.8. The quantitative estimate of drug-likeness (QED) is 0.192. The largest absolute Gasteiger partial charge is 0.471 e. The van der Waals surface area contributed by atoms with Gasteiger partial charge in [0.15, 0.2) is 6.10 Å². The highest BCUT2D eigenvalue weighted by atomic mass is 35.5. The Morgan fingerprint density at radius 1 is 1.28 bits per heavy atom. The van der Waals surface area contributed by atoms with Crippen LogP contribution in [0.1, 0.15) is 56.3 Å². The van der Waals surface area contributed by atoms with Gasteiger partial charge in [0.25, 0.3) is 5.56 Å². The first kappa shape index (κ1) is 25.3. The van der Waals surface area contributed by atoms with Gasteiger partial charge in [-0.05, 0) is 38.0 Å². The number of esters is 1. The Hall–Kier alpha value is -3.79. The summed E-state index contributed by atoms with van der Waals surface area (Å²) in [6.07, 6.45) is 5.08. The van der Waals surface area contributed by atoms with E-state index in [0.717, 1.165) is 38.2 Å². The number of carbonyl (C=O) groups excluding carboxylic acids is 1. The van der Waals surface area contributed by atoms with E-state index >= 15 is 0 Å². The molecule has 2 aromatic carbocycles. The molecule has 0 bridgehead atoms. The van der Waals surface area contributed by atoms with Gasteiger partial charge in [-0.3, -0.25) is 14.9 Å². The Balaban J connectivity index is 1.86. The third-order valence-corrected chi connectivity index (χ3v) is 6.37. The monoisotopic (exact) mass is 512 g/mol. The molecule has 4 rings (SSSR count). The topological polar surface area (TPSA) is 126 Å². The molecule has 10 nitrogen and oxygen atoms in total. The third-order valence-electron chi connectivity index (χ3n) is 6.15. The van der Waals surface area contributed by atoms with Crippen LogP contribution in [0.3, 0.4) is 0 Å². The Morgan fingerprint density at radius 2 is 2.00 bits per heavy atom. The Morgan fingerprint density at radius 3 is 2.69 bits per heavy atom. The van der Waals surface area contributed by atoms with Crippen molar-refractivity contribution in [1.82, 2.24) is 9.66 Å². The lowest BCUT2D eigenvalue weighted by Gasteiger charge is -2.22. The molecule has 0 aliphatic heterocycles. The predicted molar refractivity (Wildman–Crippen MR) is 135 cm³/mol. The molecule has 11 heteroatoms. The fraction of sp³-hybridized carbons (Fsp3) is 0.360. The fourth-order valence-corrected chi connectivity index (χ4v) is 4.57. The summed E-state index contributed by atoms with van der Waals surface area (Å²) in [5, 5.41) is 16.6. The third kappa shape index (κ3) is 5.23. The molecule has 188 valence electrons. The van der Waals surface area contributed by atoms with E-state index in [1.165, 1.54) is 31.0 Å². The number of carbonyl (C=O) groups is 1. The zero-order valence-corrected chi connectivity index (χ0v) is 20.6. The van der Waals surface area contributed by atoms with Gasteiger partial charge >= 0.3 is 11.7 Å². The lowest BCUT2D eigenvalue weighted by molar-refractivity contribution is -0.386. The molecule has 0 amide bonds. The second-order valence-electron chi connectivity index (χ2n) is 8.57. The lowest BCUT2D eigenvalue weighted by atomic mass is 9.88. The number of ether oxygens (including phenoxy) is 2. The molecule has 1 aliphatic rings. The van der Waals surface area contributed by atoms with E-state index < -0.39 is 22.7 Å². The van der Waals surface area contributed by atoms with Gasteiger partial charge in [0.05, 0.1) is 29.2 Å². The van der Waals surface area contributed by atoms with Gasteiger partial charge in [0.2, 0.25) is 5.75 Å². The molecule has 0 saturated heterocycles. The average Bonchev–Trinajstić information content (AvgIpc) is 2.88. The molecule has 0 unspecified atom stereocenters. The van der Waals surface area contributed by atoms with Crippen LogP contribution in [-0.2, 0) is 9.53 Å². The van der Waals surface area contributed by atoms with E-state index in [-0.39, 0.29) is 27.8 Å². The van der Waals surface area contributed by atoms with Crippen LogP contribution in [0.5, 0.6) is 5.75 Å².